The lowest BCUT2D eigenvalue weighted by Crippen LogP contribution is -2.48. The van der Waals surface area contributed by atoms with Crippen LogP contribution >= 0.6 is 0 Å². The second kappa shape index (κ2) is 10.0. The van der Waals surface area contributed by atoms with Gasteiger partial charge in [-0.05, 0) is 48.8 Å². The first-order valence-electron chi connectivity index (χ1n) is 12.0. The first-order chi connectivity index (χ1) is 15.3. The number of sulfone groups is 1. The smallest absolute Gasteiger partial charge is 0.243 e. The van der Waals surface area contributed by atoms with E-state index >= 15 is 0 Å². The molecule has 2 heterocycles. The standard InChI is InChI=1S/C24H38N2O5S2/c1-5-6-14-26(21-13-17-32(28,29)18-21)23(27)19-11-15-25(16-12-19)33(30,31)22-9-7-20(8-10-22)24(2,3)4/h7-10,19,21H,5-6,11-18H2,1-4H3. The van der Waals surface area contributed by atoms with E-state index in [4.69, 9.17) is 0 Å². The third-order valence-corrected chi connectivity index (χ3v) is 10.5. The van der Waals surface area contributed by atoms with Crippen molar-refractivity contribution in [3.05, 3.63) is 29.8 Å². The van der Waals surface area contributed by atoms with Gasteiger partial charge in [-0.25, -0.2) is 16.8 Å². The molecule has 3 rings (SSSR count). The van der Waals surface area contributed by atoms with E-state index in [1.54, 1.807) is 17.0 Å². The Kier molecular flexibility index (Phi) is 7.96. The van der Waals surface area contributed by atoms with E-state index in [9.17, 15) is 21.6 Å². The monoisotopic (exact) mass is 498 g/mol. The maximum atomic E-state index is 13.3. The molecule has 0 bridgehead atoms. The number of sulfonamides is 1. The van der Waals surface area contributed by atoms with E-state index in [2.05, 4.69) is 20.8 Å². The van der Waals surface area contributed by atoms with Crippen LogP contribution in [-0.2, 0) is 30.1 Å². The number of carbonyl (C=O) groups is 1. The molecule has 2 aliphatic rings. The third-order valence-electron chi connectivity index (χ3n) is 6.85. The van der Waals surface area contributed by atoms with E-state index in [-0.39, 0.29) is 39.7 Å². The van der Waals surface area contributed by atoms with Gasteiger partial charge in [-0.15, -0.1) is 0 Å². The highest BCUT2D eigenvalue weighted by atomic mass is 32.2. The number of rotatable bonds is 7. The number of unbranched alkanes of at least 4 members (excludes halogenated alkanes) is 1. The summed E-state index contributed by atoms with van der Waals surface area (Å²) in [4.78, 5) is 15.4. The van der Waals surface area contributed by atoms with Gasteiger partial charge < -0.3 is 4.90 Å². The molecule has 0 aromatic heterocycles. The van der Waals surface area contributed by atoms with Crippen molar-refractivity contribution in [1.29, 1.82) is 0 Å². The lowest BCUT2D eigenvalue weighted by atomic mass is 9.87. The van der Waals surface area contributed by atoms with Crippen LogP contribution in [0.2, 0.25) is 0 Å². The number of benzene rings is 1. The Morgan fingerprint density at radius 2 is 1.70 bits per heavy atom. The van der Waals surface area contributed by atoms with Crippen LogP contribution < -0.4 is 0 Å². The summed E-state index contributed by atoms with van der Waals surface area (Å²) in [6.07, 6.45) is 3.17. The number of amides is 1. The summed E-state index contributed by atoms with van der Waals surface area (Å²) in [6.45, 7) is 9.46. The maximum Gasteiger partial charge on any atom is 0.243 e. The largest absolute Gasteiger partial charge is 0.338 e. The van der Waals surface area contributed by atoms with Gasteiger partial charge in [0.05, 0.1) is 16.4 Å². The van der Waals surface area contributed by atoms with Crippen molar-refractivity contribution < 1.29 is 21.6 Å². The number of hydrogen-bond donors (Lipinski definition) is 0. The van der Waals surface area contributed by atoms with Gasteiger partial charge in [-0.1, -0.05) is 46.2 Å². The second-order valence-corrected chi connectivity index (χ2v) is 14.6. The van der Waals surface area contributed by atoms with Crippen LogP contribution in [0.5, 0.6) is 0 Å². The molecule has 0 aliphatic carbocycles. The lowest BCUT2D eigenvalue weighted by molar-refractivity contribution is -0.138. The van der Waals surface area contributed by atoms with Crippen molar-refractivity contribution in [2.45, 2.75) is 76.2 Å². The van der Waals surface area contributed by atoms with Crippen molar-refractivity contribution in [1.82, 2.24) is 9.21 Å². The zero-order valence-electron chi connectivity index (χ0n) is 20.3. The molecule has 1 aromatic rings. The normalized spacial score (nSPS) is 22.4. The van der Waals surface area contributed by atoms with Crippen molar-refractivity contribution in [2.24, 2.45) is 5.92 Å². The molecule has 9 heteroatoms. The molecule has 186 valence electrons. The van der Waals surface area contributed by atoms with Gasteiger partial charge in [0.1, 0.15) is 0 Å². The molecule has 1 aromatic carbocycles. The molecule has 2 saturated heterocycles. The van der Waals surface area contributed by atoms with E-state index in [1.165, 1.54) is 4.31 Å². The quantitative estimate of drug-likeness (QED) is 0.576. The summed E-state index contributed by atoms with van der Waals surface area (Å²) >= 11 is 0. The minimum atomic E-state index is -3.61. The lowest BCUT2D eigenvalue weighted by Gasteiger charge is -2.36. The fourth-order valence-electron chi connectivity index (χ4n) is 4.68. The minimum Gasteiger partial charge on any atom is -0.338 e. The van der Waals surface area contributed by atoms with E-state index in [0.29, 0.717) is 38.9 Å². The second-order valence-electron chi connectivity index (χ2n) is 10.4. The highest BCUT2D eigenvalue weighted by Crippen LogP contribution is 2.29. The van der Waals surface area contributed by atoms with Crippen LogP contribution in [-0.4, -0.2) is 69.1 Å². The van der Waals surface area contributed by atoms with E-state index in [0.717, 1.165) is 18.4 Å². The summed E-state index contributed by atoms with van der Waals surface area (Å²) in [5, 5.41) is 0. The molecule has 1 unspecified atom stereocenters. The molecule has 0 spiro atoms. The van der Waals surface area contributed by atoms with Gasteiger partial charge in [-0.3, -0.25) is 4.79 Å². The minimum absolute atomic E-state index is 0.0165. The zero-order chi connectivity index (χ0) is 24.4. The third kappa shape index (κ3) is 6.17. The van der Waals surface area contributed by atoms with Gasteiger partial charge in [0, 0.05) is 31.6 Å². The first kappa shape index (κ1) is 26.2. The highest BCUT2D eigenvalue weighted by Gasteiger charge is 2.39. The molecule has 33 heavy (non-hydrogen) atoms. The van der Waals surface area contributed by atoms with Gasteiger partial charge in [-0.2, -0.15) is 4.31 Å². The van der Waals surface area contributed by atoms with Gasteiger partial charge >= 0.3 is 0 Å². The highest BCUT2D eigenvalue weighted by molar-refractivity contribution is 7.91. The van der Waals surface area contributed by atoms with E-state index in [1.807, 2.05) is 19.1 Å². The average Bonchev–Trinajstić information content (AvgIpc) is 3.12. The van der Waals surface area contributed by atoms with Gasteiger partial charge in [0.15, 0.2) is 9.84 Å². The van der Waals surface area contributed by atoms with E-state index < -0.39 is 19.9 Å². The molecule has 7 nitrogen and oxygen atoms in total. The average molecular weight is 499 g/mol. The molecular formula is C24H38N2O5S2. The molecule has 0 N–H and O–H groups in total. The Hall–Kier alpha value is -1.45. The SMILES string of the molecule is CCCCN(C(=O)C1CCN(S(=O)(=O)c2ccc(C(C)(C)C)cc2)CC1)C1CCS(=O)(=O)C1. The molecule has 2 aliphatic heterocycles. The van der Waals surface area contributed by atoms with Crippen LogP contribution in [0, 0.1) is 5.92 Å². The van der Waals surface area contributed by atoms with Crippen molar-refractivity contribution in [3.8, 4) is 0 Å². The van der Waals surface area contributed by atoms with Crippen LogP contribution in [0.3, 0.4) is 0 Å². The summed E-state index contributed by atoms with van der Waals surface area (Å²) < 4.78 is 51.7. The Bertz CT molecular complexity index is 1040. The topological polar surface area (TPSA) is 91.8 Å². The fraction of sp³-hybridized carbons (Fsp3) is 0.708. The fourth-order valence-corrected chi connectivity index (χ4v) is 7.88. The summed E-state index contributed by atoms with van der Waals surface area (Å²) in [7, 11) is -6.69. The Morgan fingerprint density at radius 3 is 2.18 bits per heavy atom. The first-order valence-corrected chi connectivity index (χ1v) is 15.2. The summed E-state index contributed by atoms with van der Waals surface area (Å²) in [6, 6.07) is 6.81. The predicted octanol–water partition coefficient (Wildman–Crippen LogP) is 3.20. The van der Waals surface area contributed by atoms with Crippen molar-refractivity contribution in [3.63, 3.8) is 0 Å². The molecule has 0 saturated carbocycles. The zero-order valence-corrected chi connectivity index (χ0v) is 21.9. The number of nitrogens with zero attached hydrogens (tertiary/aromatic N) is 2. The molecule has 0 radical (unpaired) electrons. The number of carbonyl (C=O) groups excluding carboxylic acids is 1. The van der Waals surface area contributed by atoms with Gasteiger partial charge in [0.2, 0.25) is 15.9 Å². The van der Waals surface area contributed by atoms with Crippen molar-refractivity contribution >= 4 is 25.8 Å². The molecule has 1 amide bonds. The van der Waals surface area contributed by atoms with Crippen molar-refractivity contribution in [2.75, 3.05) is 31.1 Å². The summed E-state index contributed by atoms with van der Waals surface area (Å²) in [5.41, 5.74) is 1.02. The van der Waals surface area contributed by atoms with Crippen LogP contribution in [0.15, 0.2) is 29.2 Å². The van der Waals surface area contributed by atoms with Gasteiger partial charge in [0.25, 0.3) is 0 Å². The number of piperidine rings is 1. The van der Waals surface area contributed by atoms with Crippen LogP contribution in [0.4, 0.5) is 0 Å². The van der Waals surface area contributed by atoms with Crippen LogP contribution in [0.25, 0.3) is 0 Å². The Morgan fingerprint density at radius 1 is 1.09 bits per heavy atom. The molecule has 1 atom stereocenters. The Labute approximate surface area is 199 Å². The molecular weight excluding hydrogens is 460 g/mol. The van der Waals surface area contributed by atoms with Crippen LogP contribution in [0.1, 0.15) is 65.4 Å². The Balaban J connectivity index is 1.66. The predicted molar refractivity (Wildman–Crippen MR) is 130 cm³/mol. The molecule has 2 fully saturated rings. The number of hydrogen-bond acceptors (Lipinski definition) is 5. The maximum absolute atomic E-state index is 13.3. The summed E-state index contributed by atoms with van der Waals surface area (Å²) in [5.74, 6) is -0.101.